The zero-order valence-electron chi connectivity index (χ0n) is 18.7. The Morgan fingerprint density at radius 1 is 1.26 bits per heavy atom. The SMILES string of the molecule is C[C@@H](NC(=O)N1C[C@H](N2CCOCC2=O)C(c2ccc(CO)cc2)=N1)c1cnc(C(F)(F)F)nc1. The van der Waals surface area contributed by atoms with Gasteiger partial charge in [-0.05, 0) is 18.1 Å². The maximum Gasteiger partial charge on any atom is 0.451 e. The summed E-state index contributed by atoms with van der Waals surface area (Å²) in [5, 5.41) is 17.6. The fourth-order valence-corrected chi connectivity index (χ4v) is 3.80. The van der Waals surface area contributed by atoms with Crippen molar-refractivity contribution >= 4 is 17.6 Å². The van der Waals surface area contributed by atoms with E-state index in [9.17, 15) is 27.9 Å². The molecule has 0 spiro atoms. The van der Waals surface area contributed by atoms with Crippen LogP contribution in [0.4, 0.5) is 18.0 Å². The summed E-state index contributed by atoms with van der Waals surface area (Å²) < 4.78 is 43.3. The molecule has 2 aliphatic rings. The van der Waals surface area contributed by atoms with Gasteiger partial charge in [-0.15, -0.1) is 0 Å². The lowest BCUT2D eigenvalue weighted by molar-refractivity contribution is -0.145. The Balaban J connectivity index is 1.53. The molecule has 35 heavy (non-hydrogen) atoms. The topological polar surface area (TPSA) is 120 Å². The molecule has 1 aromatic heterocycles. The first-order valence-corrected chi connectivity index (χ1v) is 10.8. The first-order valence-electron chi connectivity index (χ1n) is 10.8. The molecule has 3 heterocycles. The number of hydrogen-bond acceptors (Lipinski definition) is 7. The second-order valence-electron chi connectivity index (χ2n) is 8.09. The van der Waals surface area contributed by atoms with Gasteiger partial charge in [0.25, 0.3) is 0 Å². The van der Waals surface area contributed by atoms with E-state index < -0.39 is 30.1 Å². The van der Waals surface area contributed by atoms with Crippen LogP contribution in [0.1, 0.15) is 35.5 Å². The van der Waals surface area contributed by atoms with Crippen LogP contribution in [0.3, 0.4) is 0 Å². The maximum absolute atomic E-state index is 13.0. The molecule has 10 nitrogen and oxygen atoms in total. The van der Waals surface area contributed by atoms with Gasteiger partial charge in [-0.1, -0.05) is 24.3 Å². The van der Waals surface area contributed by atoms with E-state index >= 15 is 0 Å². The van der Waals surface area contributed by atoms with Crippen LogP contribution in [0.5, 0.6) is 0 Å². The van der Waals surface area contributed by atoms with E-state index in [1.54, 1.807) is 36.1 Å². The Labute approximate surface area is 198 Å². The zero-order chi connectivity index (χ0) is 25.2. The lowest BCUT2D eigenvalue weighted by Gasteiger charge is -2.33. The second-order valence-corrected chi connectivity index (χ2v) is 8.09. The molecule has 2 aliphatic heterocycles. The van der Waals surface area contributed by atoms with Crippen molar-refractivity contribution in [2.75, 3.05) is 26.3 Å². The largest absolute Gasteiger partial charge is 0.451 e. The van der Waals surface area contributed by atoms with E-state index in [4.69, 9.17) is 4.74 Å². The van der Waals surface area contributed by atoms with Gasteiger partial charge in [-0.25, -0.2) is 19.8 Å². The van der Waals surface area contributed by atoms with Crippen LogP contribution in [-0.4, -0.2) is 75.0 Å². The molecule has 0 unspecified atom stereocenters. The summed E-state index contributed by atoms with van der Waals surface area (Å²) in [6, 6.07) is 5.16. The minimum Gasteiger partial charge on any atom is -0.392 e. The number of morpholine rings is 1. The molecule has 1 saturated heterocycles. The fourth-order valence-electron chi connectivity index (χ4n) is 3.80. The number of benzene rings is 1. The fraction of sp³-hybridized carbons (Fsp3) is 0.409. The first-order chi connectivity index (χ1) is 16.7. The van der Waals surface area contributed by atoms with Crippen LogP contribution < -0.4 is 5.32 Å². The average Bonchev–Trinajstić information content (AvgIpc) is 3.29. The van der Waals surface area contributed by atoms with Gasteiger partial charge < -0.3 is 20.1 Å². The monoisotopic (exact) mass is 492 g/mol. The van der Waals surface area contributed by atoms with Crippen molar-refractivity contribution in [2.24, 2.45) is 5.10 Å². The number of aliphatic hydroxyl groups is 1. The smallest absolute Gasteiger partial charge is 0.392 e. The third kappa shape index (κ3) is 5.41. The van der Waals surface area contributed by atoms with Gasteiger partial charge in [-0.3, -0.25) is 4.79 Å². The summed E-state index contributed by atoms with van der Waals surface area (Å²) in [5.41, 5.74) is 2.18. The van der Waals surface area contributed by atoms with E-state index in [1.165, 1.54) is 5.01 Å². The van der Waals surface area contributed by atoms with Crippen molar-refractivity contribution in [3.8, 4) is 0 Å². The number of carbonyl (C=O) groups excluding carboxylic acids is 2. The number of nitrogens with zero attached hydrogens (tertiary/aromatic N) is 5. The highest BCUT2D eigenvalue weighted by Gasteiger charge is 2.39. The number of amides is 3. The molecule has 3 amide bonds. The molecule has 13 heteroatoms. The van der Waals surface area contributed by atoms with Crippen molar-refractivity contribution in [3.05, 3.63) is 59.2 Å². The number of carbonyl (C=O) groups is 2. The van der Waals surface area contributed by atoms with Gasteiger partial charge in [0.15, 0.2) is 0 Å². The molecule has 0 radical (unpaired) electrons. The van der Waals surface area contributed by atoms with E-state index in [-0.39, 0.29) is 31.2 Å². The lowest BCUT2D eigenvalue weighted by atomic mass is 10.0. The van der Waals surface area contributed by atoms with Gasteiger partial charge >= 0.3 is 12.2 Å². The molecule has 1 aromatic carbocycles. The number of hydrazone groups is 1. The highest BCUT2D eigenvalue weighted by molar-refractivity contribution is 6.08. The molecule has 2 atom stereocenters. The van der Waals surface area contributed by atoms with Gasteiger partial charge in [0.2, 0.25) is 11.7 Å². The van der Waals surface area contributed by atoms with Crippen molar-refractivity contribution in [2.45, 2.75) is 31.8 Å². The van der Waals surface area contributed by atoms with Gasteiger partial charge in [-0.2, -0.15) is 18.3 Å². The quantitative estimate of drug-likeness (QED) is 0.656. The standard InChI is InChI=1S/C22H23F3N6O4/c1-13(16-8-26-20(27-9-16)22(23,24)25)28-21(34)31-10-17(30-6-7-35-12-18(30)33)19(29-31)15-4-2-14(11-32)3-5-15/h2-5,8-9,13,17,32H,6-7,10-12H2,1H3,(H,28,34)/t13-,17+/m1/s1. The second kappa shape index (κ2) is 9.96. The van der Waals surface area contributed by atoms with E-state index in [0.29, 0.717) is 30.0 Å². The number of alkyl halides is 3. The number of nitrogens with one attached hydrogen (secondary N) is 1. The van der Waals surface area contributed by atoms with Gasteiger partial charge in [0.05, 0.1) is 37.6 Å². The molecule has 2 aromatic rings. The van der Waals surface area contributed by atoms with Crippen LogP contribution in [-0.2, 0) is 22.3 Å². The first kappa shape index (κ1) is 24.5. The minimum atomic E-state index is -4.66. The summed E-state index contributed by atoms with van der Waals surface area (Å²) in [6.07, 6.45) is -2.64. The highest BCUT2D eigenvalue weighted by Crippen LogP contribution is 2.26. The van der Waals surface area contributed by atoms with Gasteiger partial charge in [0, 0.05) is 24.5 Å². The number of halogens is 3. The number of ether oxygens (including phenoxy) is 1. The maximum atomic E-state index is 13.0. The van der Waals surface area contributed by atoms with Gasteiger partial charge in [0.1, 0.15) is 6.61 Å². The van der Waals surface area contributed by atoms with Crippen LogP contribution in [0.25, 0.3) is 0 Å². The molecule has 0 bridgehead atoms. The predicted octanol–water partition coefficient (Wildman–Crippen LogP) is 1.71. The lowest BCUT2D eigenvalue weighted by Crippen LogP contribution is -2.52. The zero-order valence-corrected chi connectivity index (χ0v) is 18.7. The molecule has 0 aliphatic carbocycles. The Kier molecular flexibility index (Phi) is 6.98. The average molecular weight is 492 g/mol. The van der Waals surface area contributed by atoms with E-state index in [1.807, 2.05) is 0 Å². The predicted molar refractivity (Wildman–Crippen MR) is 116 cm³/mol. The number of aliphatic hydroxyl groups excluding tert-OH is 1. The number of rotatable bonds is 5. The van der Waals surface area contributed by atoms with Crippen molar-refractivity contribution in [1.29, 1.82) is 0 Å². The minimum absolute atomic E-state index is 0.0651. The molecular formula is C22H23F3N6O4. The number of urea groups is 1. The Morgan fingerprint density at radius 3 is 2.54 bits per heavy atom. The summed E-state index contributed by atoms with van der Waals surface area (Å²) in [4.78, 5) is 33.7. The van der Waals surface area contributed by atoms with E-state index in [2.05, 4.69) is 20.4 Å². The summed E-state index contributed by atoms with van der Waals surface area (Å²) >= 11 is 0. The van der Waals surface area contributed by atoms with Crippen molar-refractivity contribution in [3.63, 3.8) is 0 Å². The third-order valence-corrected chi connectivity index (χ3v) is 5.72. The third-order valence-electron chi connectivity index (χ3n) is 5.72. The van der Waals surface area contributed by atoms with Crippen LogP contribution >= 0.6 is 0 Å². The Morgan fingerprint density at radius 2 is 1.94 bits per heavy atom. The summed E-state index contributed by atoms with van der Waals surface area (Å²) in [5.74, 6) is -1.49. The van der Waals surface area contributed by atoms with Crippen LogP contribution in [0.15, 0.2) is 41.8 Å². The summed E-state index contributed by atoms with van der Waals surface area (Å²) in [7, 11) is 0. The number of hydrogen-bond donors (Lipinski definition) is 2. The molecule has 0 saturated carbocycles. The molecule has 2 N–H and O–H groups in total. The molecular weight excluding hydrogens is 469 g/mol. The Bertz CT molecular complexity index is 1110. The summed E-state index contributed by atoms with van der Waals surface area (Å²) in [6.45, 7) is 2.18. The molecule has 4 rings (SSSR count). The van der Waals surface area contributed by atoms with Crippen molar-refractivity contribution < 1.29 is 32.6 Å². The normalized spacial score (nSPS) is 19.5. The van der Waals surface area contributed by atoms with Crippen molar-refractivity contribution in [1.82, 2.24) is 25.2 Å². The van der Waals surface area contributed by atoms with E-state index in [0.717, 1.165) is 12.4 Å². The Hall–Kier alpha value is -3.58. The van der Waals surface area contributed by atoms with Crippen LogP contribution in [0.2, 0.25) is 0 Å². The van der Waals surface area contributed by atoms with Crippen LogP contribution in [0, 0.1) is 0 Å². The number of aromatic nitrogens is 2. The molecule has 1 fully saturated rings. The molecule has 186 valence electrons. The highest BCUT2D eigenvalue weighted by atomic mass is 19.4.